The van der Waals surface area contributed by atoms with Gasteiger partial charge >= 0.3 is 5.63 Å². The second-order valence-electron chi connectivity index (χ2n) is 9.16. The Hall–Kier alpha value is -4.84. The number of hydrogen-bond donors (Lipinski definition) is 5. The van der Waals surface area contributed by atoms with E-state index in [4.69, 9.17) is 13.9 Å². The summed E-state index contributed by atoms with van der Waals surface area (Å²) in [5.74, 6) is -6.98. The summed E-state index contributed by atoms with van der Waals surface area (Å²) in [6, 6.07) is 2.74. The Labute approximate surface area is 212 Å². The lowest BCUT2D eigenvalue weighted by molar-refractivity contribution is -0.0143. The van der Waals surface area contributed by atoms with Crippen LogP contribution in [0.5, 0.6) is 28.7 Å². The number of aliphatic hydroxyl groups is 1. The summed E-state index contributed by atoms with van der Waals surface area (Å²) in [4.78, 5) is 50.8. The average molecular weight is 524 g/mol. The maximum absolute atomic E-state index is 13.4. The smallest absolute Gasteiger partial charge is 0.347 e. The summed E-state index contributed by atoms with van der Waals surface area (Å²) >= 11 is 0. The minimum atomic E-state index is -2.17. The number of ether oxygens (including phenoxy) is 2. The molecule has 0 saturated carbocycles. The van der Waals surface area contributed by atoms with Gasteiger partial charge in [0.1, 0.15) is 28.6 Å². The Bertz CT molecular complexity index is 1710. The molecule has 0 unspecified atom stereocenters. The van der Waals surface area contributed by atoms with Crippen LogP contribution in [0.3, 0.4) is 0 Å². The molecule has 2 aliphatic rings. The van der Waals surface area contributed by atoms with Crippen molar-refractivity contribution in [1.82, 2.24) is 0 Å². The molecule has 5 N–H and O–H groups in total. The van der Waals surface area contributed by atoms with E-state index < -0.39 is 92.3 Å². The van der Waals surface area contributed by atoms with Gasteiger partial charge in [-0.15, -0.1) is 0 Å². The second-order valence-corrected chi connectivity index (χ2v) is 9.16. The molecule has 2 atom stereocenters. The van der Waals surface area contributed by atoms with Crippen molar-refractivity contribution in [3.63, 3.8) is 0 Å². The van der Waals surface area contributed by atoms with Crippen LogP contribution in [0.4, 0.5) is 0 Å². The number of Topliss-reactive ketones (excluding diaryl/α,β-unsaturated/α-hetero) is 2. The van der Waals surface area contributed by atoms with Gasteiger partial charge in [-0.2, -0.15) is 0 Å². The van der Waals surface area contributed by atoms with Gasteiger partial charge in [0.15, 0.2) is 40.1 Å². The van der Waals surface area contributed by atoms with Crippen LogP contribution >= 0.6 is 0 Å². The number of benzene rings is 2. The van der Waals surface area contributed by atoms with E-state index in [0.717, 1.165) is 20.1 Å². The molecule has 0 radical (unpaired) electrons. The van der Waals surface area contributed by atoms with Crippen LogP contribution in [0.25, 0.3) is 10.8 Å². The Kier molecular flexibility index (Phi) is 5.28. The number of fused-ring (bicyclic) bond motifs is 3. The molecule has 0 spiro atoms. The standard InChI is InChI=1S/C26H20O12/c1-8-4-9-5-10(18(29)21(32)14(9)25(35)37-8)6-13(28)26(2)24(34)17-20(31)15-11(27)7-12(36-3)19(30)16(15)22(33)23(17)38-26/h4-5,7,13,28-29,31-33H,6H2,1-3H3/t13-,26+/m0/s1. The van der Waals surface area contributed by atoms with E-state index in [1.54, 1.807) is 0 Å². The first-order chi connectivity index (χ1) is 17.8. The predicted molar refractivity (Wildman–Crippen MR) is 127 cm³/mol. The molecule has 0 bridgehead atoms. The van der Waals surface area contributed by atoms with Gasteiger partial charge in [0, 0.05) is 18.1 Å². The number of hydrogen-bond acceptors (Lipinski definition) is 12. The van der Waals surface area contributed by atoms with Crippen molar-refractivity contribution < 1.29 is 53.8 Å². The molecule has 0 fully saturated rings. The van der Waals surface area contributed by atoms with Crippen LogP contribution in [0.2, 0.25) is 0 Å². The van der Waals surface area contributed by atoms with Crippen LogP contribution in [-0.2, 0) is 11.2 Å². The SMILES string of the molecule is COC1=CC(=O)c2c(O)c3c(c(O)c2C1=O)O[C@](C)([C@@H](O)Cc1cc2cc(C)oc(=O)c2c(O)c1O)C3=O. The van der Waals surface area contributed by atoms with E-state index in [-0.39, 0.29) is 22.1 Å². The molecule has 38 heavy (non-hydrogen) atoms. The maximum Gasteiger partial charge on any atom is 0.347 e. The lowest BCUT2D eigenvalue weighted by atomic mass is 9.84. The number of phenolic OH excluding ortho intramolecular Hbond substituents is 4. The highest BCUT2D eigenvalue weighted by Crippen LogP contribution is 2.52. The van der Waals surface area contributed by atoms with Crippen LogP contribution in [0.1, 0.15) is 49.3 Å². The number of phenols is 4. The number of methoxy groups -OCH3 is 1. The highest BCUT2D eigenvalue weighted by atomic mass is 16.5. The number of carbonyl (C=O) groups excluding carboxylic acids is 3. The van der Waals surface area contributed by atoms with E-state index in [9.17, 15) is 44.7 Å². The molecule has 2 aromatic carbocycles. The molecule has 196 valence electrons. The predicted octanol–water partition coefficient (Wildman–Crippen LogP) is 1.77. The Morgan fingerprint density at radius 2 is 1.63 bits per heavy atom. The molecular weight excluding hydrogens is 504 g/mol. The first kappa shape index (κ1) is 24.8. The molecule has 0 amide bonds. The first-order valence-corrected chi connectivity index (χ1v) is 11.2. The molecule has 5 rings (SSSR count). The highest BCUT2D eigenvalue weighted by Gasteiger charge is 2.54. The van der Waals surface area contributed by atoms with E-state index in [1.807, 2.05) is 0 Å². The van der Waals surface area contributed by atoms with E-state index >= 15 is 0 Å². The van der Waals surface area contributed by atoms with Crippen molar-refractivity contribution >= 4 is 28.1 Å². The number of aliphatic hydroxyl groups excluding tert-OH is 1. The Morgan fingerprint density at radius 3 is 2.29 bits per heavy atom. The van der Waals surface area contributed by atoms with Gasteiger partial charge in [-0.25, -0.2) is 4.79 Å². The van der Waals surface area contributed by atoms with Gasteiger partial charge < -0.3 is 39.4 Å². The van der Waals surface area contributed by atoms with Crippen LogP contribution < -0.4 is 10.4 Å². The molecule has 12 heteroatoms. The normalized spacial score (nSPS) is 19.2. The van der Waals surface area contributed by atoms with Gasteiger partial charge in [-0.05, 0) is 31.4 Å². The summed E-state index contributed by atoms with van der Waals surface area (Å²) in [5.41, 5.74) is -4.97. The summed E-state index contributed by atoms with van der Waals surface area (Å²) < 4.78 is 15.4. The number of aryl methyl sites for hydroxylation is 1. The molecule has 1 aliphatic heterocycles. The third kappa shape index (κ3) is 3.20. The van der Waals surface area contributed by atoms with Crippen molar-refractivity contribution in [1.29, 1.82) is 0 Å². The second kappa shape index (κ2) is 8.08. The van der Waals surface area contributed by atoms with Crippen LogP contribution in [0.15, 0.2) is 33.2 Å². The minimum absolute atomic E-state index is 0.0619. The fraction of sp³-hybridized carbons (Fsp3) is 0.231. The van der Waals surface area contributed by atoms with Gasteiger partial charge in [0.05, 0.1) is 18.2 Å². The van der Waals surface area contributed by atoms with Crippen LogP contribution in [-0.4, -0.2) is 61.7 Å². The third-order valence-electron chi connectivity index (χ3n) is 6.82. The highest BCUT2D eigenvalue weighted by molar-refractivity contribution is 6.28. The van der Waals surface area contributed by atoms with Gasteiger partial charge in [0.25, 0.3) is 0 Å². The largest absolute Gasteiger partial charge is 0.506 e. The average Bonchev–Trinajstić information content (AvgIpc) is 3.13. The fourth-order valence-electron chi connectivity index (χ4n) is 4.80. The zero-order valence-corrected chi connectivity index (χ0v) is 20.1. The van der Waals surface area contributed by atoms with Crippen molar-refractivity contribution in [2.45, 2.75) is 32.0 Å². The molecule has 1 aliphatic carbocycles. The van der Waals surface area contributed by atoms with Gasteiger partial charge in [-0.3, -0.25) is 14.4 Å². The lowest BCUT2D eigenvalue weighted by Crippen LogP contribution is -2.49. The molecule has 12 nitrogen and oxygen atoms in total. The number of allylic oxidation sites excluding steroid dienone is 2. The summed E-state index contributed by atoms with van der Waals surface area (Å²) in [5, 5.41) is 53.5. The van der Waals surface area contributed by atoms with Gasteiger partial charge in [0.2, 0.25) is 11.6 Å². The molecule has 3 aromatic rings. The lowest BCUT2D eigenvalue weighted by Gasteiger charge is -2.28. The molecule has 0 saturated heterocycles. The zero-order valence-electron chi connectivity index (χ0n) is 20.1. The molecule has 1 aromatic heterocycles. The van der Waals surface area contributed by atoms with E-state index in [2.05, 4.69) is 0 Å². The number of carbonyl (C=O) groups is 3. The Morgan fingerprint density at radius 1 is 0.947 bits per heavy atom. The fourth-order valence-corrected chi connectivity index (χ4v) is 4.80. The Balaban J connectivity index is 1.58. The summed E-state index contributed by atoms with van der Waals surface area (Å²) in [7, 11) is 1.13. The van der Waals surface area contributed by atoms with Crippen molar-refractivity contribution in [3.05, 3.63) is 62.4 Å². The van der Waals surface area contributed by atoms with Crippen molar-refractivity contribution in [2.75, 3.05) is 7.11 Å². The zero-order chi connectivity index (χ0) is 27.8. The number of rotatable bonds is 4. The van der Waals surface area contributed by atoms with E-state index in [1.165, 1.54) is 19.1 Å². The summed E-state index contributed by atoms with van der Waals surface area (Å²) in [6.07, 6.45) is -1.46. The number of ketones is 3. The maximum atomic E-state index is 13.4. The van der Waals surface area contributed by atoms with E-state index in [0.29, 0.717) is 0 Å². The third-order valence-corrected chi connectivity index (χ3v) is 6.82. The topological polar surface area (TPSA) is 201 Å². The molecular formula is C26H20O12. The number of aromatic hydroxyl groups is 4. The van der Waals surface area contributed by atoms with Crippen molar-refractivity contribution in [3.8, 4) is 28.7 Å². The first-order valence-electron chi connectivity index (χ1n) is 11.2. The monoisotopic (exact) mass is 524 g/mol. The minimum Gasteiger partial charge on any atom is -0.506 e. The summed E-state index contributed by atoms with van der Waals surface area (Å²) in [6.45, 7) is 2.65. The van der Waals surface area contributed by atoms with Gasteiger partial charge in [-0.1, -0.05) is 0 Å². The quantitative estimate of drug-likeness (QED) is 0.245. The van der Waals surface area contributed by atoms with Crippen molar-refractivity contribution in [2.24, 2.45) is 0 Å². The van der Waals surface area contributed by atoms with Crippen LogP contribution in [0, 0.1) is 6.92 Å². The molecule has 2 heterocycles.